The lowest BCUT2D eigenvalue weighted by molar-refractivity contribution is 0.102. The van der Waals surface area contributed by atoms with Crippen LogP contribution in [0.2, 0.25) is 0 Å². The van der Waals surface area contributed by atoms with E-state index in [1.807, 2.05) is 13.0 Å². The van der Waals surface area contributed by atoms with Crippen LogP contribution in [0.25, 0.3) is 11.0 Å². The molecule has 1 amide bonds. The molecule has 0 bridgehead atoms. The molecule has 1 aromatic carbocycles. The number of nitrogens with zero attached hydrogens (tertiary/aromatic N) is 3. The van der Waals surface area contributed by atoms with Gasteiger partial charge in [0.05, 0.1) is 10.9 Å². The smallest absolute Gasteiger partial charge is 0.332 e. The molecule has 0 unspecified atom stereocenters. The van der Waals surface area contributed by atoms with Crippen molar-refractivity contribution in [3.63, 3.8) is 0 Å². The van der Waals surface area contributed by atoms with Gasteiger partial charge in [0, 0.05) is 19.8 Å². The number of carbonyl (C=O) groups is 1. The van der Waals surface area contributed by atoms with Crippen molar-refractivity contribution in [2.45, 2.75) is 13.3 Å². The van der Waals surface area contributed by atoms with Gasteiger partial charge in [-0.1, -0.05) is 25.1 Å². The van der Waals surface area contributed by atoms with E-state index in [1.54, 1.807) is 24.3 Å². The summed E-state index contributed by atoms with van der Waals surface area (Å²) < 4.78 is 2.25. The van der Waals surface area contributed by atoms with Crippen LogP contribution in [0.3, 0.4) is 0 Å². The van der Waals surface area contributed by atoms with Crippen LogP contribution in [0.4, 0.5) is 11.5 Å². The molecule has 0 aliphatic rings. The summed E-state index contributed by atoms with van der Waals surface area (Å²) in [5.41, 5.74) is 6.42. The minimum absolute atomic E-state index is 0.0222. The average Bonchev–Trinajstić information content (AvgIpc) is 2.64. The van der Waals surface area contributed by atoms with Crippen LogP contribution in [0.1, 0.15) is 22.8 Å². The number of amides is 1. The molecular weight excluding hydrogens is 334 g/mol. The maximum atomic E-state index is 12.8. The van der Waals surface area contributed by atoms with Crippen molar-refractivity contribution < 1.29 is 4.79 Å². The van der Waals surface area contributed by atoms with E-state index in [0.717, 1.165) is 4.57 Å². The van der Waals surface area contributed by atoms with Crippen molar-refractivity contribution in [2.75, 3.05) is 11.1 Å². The fourth-order valence-corrected chi connectivity index (χ4v) is 3.00. The first-order chi connectivity index (χ1) is 12.4. The third-order valence-electron chi connectivity index (χ3n) is 4.33. The van der Waals surface area contributed by atoms with E-state index >= 15 is 0 Å². The Bertz CT molecular complexity index is 1130. The van der Waals surface area contributed by atoms with Crippen molar-refractivity contribution >= 4 is 28.4 Å². The lowest BCUT2D eigenvalue weighted by atomic mass is 10.0. The zero-order valence-corrected chi connectivity index (χ0v) is 14.7. The molecule has 2 heterocycles. The summed E-state index contributed by atoms with van der Waals surface area (Å²) in [6, 6.07) is 8.92. The Balaban J connectivity index is 2.30. The highest BCUT2D eigenvalue weighted by Gasteiger charge is 2.23. The van der Waals surface area contributed by atoms with Crippen LogP contribution >= 0.6 is 0 Å². The maximum Gasteiger partial charge on any atom is 0.332 e. The van der Waals surface area contributed by atoms with Crippen molar-refractivity contribution in [1.29, 1.82) is 0 Å². The van der Waals surface area contributed by atoms with Crippen LogP contribution in [0.15, 0.2) is 39.9 Å². The lowest BCUT2D eigenvalue weighted by Gasteiger charge is -2.15. The van der Waals surface area contributed by atoms with E-state index in [1.165, 1.54) is 18.7 Å². The Morgan fingerprint density at radius 2 is 1.81 bits per heavy atom. The van der Waals surface area contributed by atoms with Gasteiger partial charge in [-0.25, -0.2) is 9.78 Å². The van der Waals surface area contributed by atoms with Crippen LogP contribution in [0.5, 0.6) is 0 Å². The van der Waals surface area contributed by atoms with Gasteiger partial charge in [-0.05, 0) is 24.1 Å². The summed E-state index contributed by atoms with van der Waals surface area (Å²) in [7, 11) is 2.91. The Labute approximate surface area is 148 Å². The molecule has 0 atom stereocenters. The fraction of sp³-hybridized carbons (Fsp3) is 0.222. The second-order valence-corrected chi connectivity index (χ2v) is 5.93. The predicted molar refractivity (Wildman–Crippen MR) is 100 cm³/mol. The summed E-state index contributed by atoms with van der Waals surface area (Å²) in [6.45, 7) is 1.82. The third-order valence-corrected chi connectivity index (χ3v) is 4.33. The molecule has 0 radical (unpaired) electrons. The summed E-state index contributed by atoms with van der Waals surface area (Å²) >= 11 is 0. The molecule has 26 heavy (non-hydrogen) atoms. The van der Waals surface area contributed by atoms with Gasteiger partial charge in [0.1, 0.15) is 5.82 Å². The van der Waals surface area contributed by atoms with Crippen molar-refractivity contribution in [1.82, 2.24) is 14.1 Å². The molecule has 8 heteroatoms. The molecular formula is C18H19N5O3. The highest BCUT2D eigenvalue weighted by Crippen LogP contribution is 2.24. The number of benzene rings is 1. The first-order valence-corrected chi connectivity index (χ1v) is 8.11. The van der Waals surface area contributed by atoms with Crippen LogP contribution in [-0.2, 0) is 20.5 Å². The van der Waals surface area contributed by atoms with Crippen molar-refractivity contribution in [2.24, 2.45) is 14.1 Å². The summed E-state index contributed by atoms with van der Waals surface area (Å²) in [6.07, 6.45) is 0.383. The van der Waals surface area contributed by atoms with Crippen LogP contribution < -0.4 is 22.3 Å². The number of aromatic nitrogens is 3. The third kappa shape index (κ3) is 2.65. The molecule has 3 aromatic rings. The SMILES string of the molecule is CCc1c(C(=O)Nc2ccccc2)c(N)nc2c1c(=O)n(C)c(=O)n2C. The topological polar surface area (TPSA) is 112 Å². The fourth-order valence-electron chi connectivity index (χ4n) is 3.00. The van der Waals surface area contributed by atoms with Gasteiger partial charge in [0.25, 0.3) is 11.5 Å². The number of fused-ring (bicyclic) bond motifs is 1. The van der Waals surface area contributed by atoms with Crippen LogP contribution in [-0.4, -0.2) is 20.0 Å². The molecule has 3 rings (SSSR count). The van der Waals surface area contributed by atoms with Crippen molar-refractivity contribution in [3.8, 4) is 0 Å². The summed E-state index contributed by atoms with van der Waals surface area (Å²) in [5, 5.41) is 2.99. The van der Waals surface area contributed by atoms with E-state index in [-0.39, 0.29) is 22.4 Å². The number of anilines is 2. The first kappa shape index (κ1) is 17.4. The van der Waals surface area contributed by atoms with Gasteiger partial charge >= 0.3 is 5.69 Å². The predicted octanol–water partition coefficient (Wildman–Crippen LogP) is 1.03. The number of para-hydroxylation sites is 1. The second kappa shape index (κ2) is 6.47. The van der Waals surface area contributed by atoms with E-state index in [2.05, 4.69) is 10.3 Å². The molecule has 134 valence electrons. The number of hydrogen-bond donors (Lipinski definition) is 2. The number of hydrogen-bond acceptors (Lipinski definition) is 5. The number of carbonyl (C=O) groups excluding carboxylic acids is 1. The molecule has 0 fully saturated rings. The summed E-state index contributed by atoms with van der Waals surface area (Å²) in [4.78, 5) is 41.8. The average molecular weight is 353 g/mol. The Hall–Kier alpha value is -3.42. The van der Waals surface area contributed by atoms with Crippen molar-refractivity contribution in [3.05, 3.63) is 62.3 Å². The van der Waals surface area contributed by atoms with Gasteiger partial charge in [-0.3, -0.25) is 18.7 Å². The lowest BCUT2D eigenvalue weighted by Crippen LogP contribution is -2.38. The standard InChI is InChI=1S/C18H19N5O3/c1-4-11-12(16(24)20-10-8-6-5-7-9-10)14(19)21-15-13(11)17(25)23(3)18(26)22(15)2/h5-9H,4H2,1-3H3,(H2,19,21)(H,20,24). The molecule has 2 aromatic heterocycles. The number of rotatable bonds is 3. The monoisotopic (exact) mass is 353 g/mol. The number of nitrogen functional groups attached to an aromatic ring is 1. The van der Waals surface area contributed by atoms with Gasteiger partial charge < -0.3 is 11.1 Å². The quantitative estimate of drug-likeness (QED) is 0.730. The highest BCUT2D eigenvalue weighted by molar-refractivity contribution is 6.10. The minimum atomic E-state index is -0.502. The number of pyridine rings is 1. The zero-order valence-electron chi connectivity index (χ0n) is 14.7. The molecule has 8 nitrogen and oxygen atoms in total. The summed E-state index contributed by atoms with van der Waals surface area (Å²) in [5.74, 6) is -0.470. The largest absolute Gasteiger partial charge is 0.383 e. The Morgan fingerprint density at radius 1 is 1.15 bits per heavy atom. The normalized spacial score (nSPS) is 10.9. The van der Waals surface area contributed by atoms with Crippen LogP contribution in [0, 0.1) is 0 Å². The molecule has 0 spiro atoms. The minimum Gasteiger partial charge on any atom is -0.383 e. The number of nitrogens with two attached hydrogens (primary N) is 1. The first-order valence-electron chi connectivity index (χ1n) is 8.11. The van der Waals surface area contributed by atoms with E-state index in [0.29, 0.717) is 17.7 Å². The maximum absolute atomic E-state index is 12.8. The molecule has 0 aliphatic carbocycles. The molecule has 0 saturated carbocycles. The molecule has 0 aliphatic heterocycles. The van der Waals surface area contributed by atoms with Gasteiger partial charge in [-0.2, -0.15) is 0 Å². The second-order valence-electron chi connectivity index (χ2n) is 5.93. The Morgan fingerprint density at radius 3 is 2.42 bits per heavy atom. The van der Waals surface area contributed by atoms with E-state index in [4.69, 9.17) is 5.73 Å². The van der Waals surface area contributed by atoms with Gasteiger partial charge in [-0.15, -0.1) is 0 Å². The number of aryl methyl sites for hydroxylation is 2. The van der Waals surface area contributed by atoms with E-state index in [9.17, 15) is 14.4 Å². The Kier molecular flexibility index (Phi) is 4.33. The molecule has 3 N–H and O–H groups in total. The molecule has 0 saturated heterocycles. The zero-order chi connectivity index (χ0) is 19.0. The number of nitrogens with one attached hydrogen (secondary N) is 1. The van der Waals surface area contributed by atoms with Gasteiger partial charge in [0.15, 0.2) is 5.65 Å². The van der Waals surface area contributed by atoms with E-state index < -0.39 is 17.2 Å². The van der Waals surface area contributed by atoms with Gasteiger partial charge in [0.2, 0.25) is 0 Å². The highest BCUT2D eigenvalue weighted by atomic mass is 16.2.